The van der Waals surface area contributed by atoms with E-state index in [1.807, 2.05) is 4.90 Å². The zero-order chi connectivity index (χ0) is 15.8. The lowest BCUT2D eigenvalue weighted by atomic mass is 10.0. The van der Waals surface area contributed by atoms with Crippen LogP contribution in [-0.2, 0) is 6.18 Å². The Balaban J connectivity index is 2.46. The third kappa shape index (κ3) is 3.06. The lowest BCUT2D eigenvalue weighted by Crippen LogP contribution is -2.25. The van der Waals surface area contributed by atoms with Crippen LogP contribution in [0, 0.1) is 11.8 Å². The number of benzene rings is 1. The van der Waals surface area contributed by atoms with Crippen LogP contribution in [0.4, 0.5) is 18.9 Å². The molecule has 1 aliphatic heterocycles. The molecule has 116 valence electrons. The molecular weight excluding hydrogens is 283 g/mol. The molecule has 1 aromatic rings. The first-order valence-electron chi connectivity index (χ1n) is 6.68. The quantitative estimate of drug-likeness (QED) is 0.382. The number of nitrogens with zero attached hydrogens (tertiary/aromatic N) is 2. The highest BCUT2D eigenvalue weighted by Gasteiger charge is 2.33. The third-order valence-corrected chi connectivity index (χ3v) is 4.04. The Bertz CT molecular complexity index is 547. The highest BCUT2D eigenvalue weighted by Crippen LogP contribution is 2.35. The second kappa shape index (κ2) is 5.46. The second-order valence-electron chi connectivity index (χ2n) is 5.57. The average Bonchev–Trinajstić information content (AvgIpc) is 2.76. The number of nitrogens with two attached hydrogens (primary N) is 1. The Morgan fingerprint density at radius 1 is 1.29 bits per heavy atom. The Morgan fingerprint density at radius 2 is 1.86 bits per heavy atom. The number of hydrogen-bond acceptors (Lipinski definition) is 3. The number of oxime groups is 1. The summed E-state index contributed by atoms with van der Waals surface area (Å²) in [6.07, 6.45) is -4.46. The molecule has 7 heteroatoms. The van der Waals surface area contributed by atoms with Gasteiger partial charge in [0.15, 0.2) is 5.84 Å². The first kappa shape index (κ1) is 15.5. The normalized spacial score (nSPS) is 23.7. The Morgan fingerprint density at radius 3 is 2.33 bits per heavy atom. The predicted molar refractivity (Wildman–Crippen MR) is 74.5 cm³/mol. The summed E-state index contributed by atoms with van der Waals surface area (Å²) in [5.41, 5.74) is 5.41. The van der Waals surface area contributed by atoms with Gasteiger partial charge in [0, 0.05) is 24.3 Å². The van der Waals surface area contributed by atoms with E-state index in [4.69, 9.17) is 10.9 Å². The van der Waals surface area contributed by atoms with Crippen LogP contribution in [0.2, 0.25) is 0 Å². The fourth-order valence-electron chi connectivity index (χ4n) is 2.57. The number of halogens is 3. The van der Waals surface area contributed by atoms with E-state index in [0.717, 1.165) is 25.2 Å². The fourth-order valence-corrected chi connectivity index (χ4v) is 2.57. The number of anilines is 1. The van der Waals surface area contributed by atoms with Crippen molar-refractivity contribution in [2.45, 2.75) is 20.0 Å². The molecule has 0 amide bonds. The van der Waals surface area contributed by atoms with Crippen molar-refractivity contribution >= 4 is 11.5 Å². The van der Waals surface area contributed by atoms with Gasteiger partial charge in [-0.2, -0.15) is 13.2 Å². The summed E-state index contributed by atoms with van der Waals surface area (Å²) < 4.78 is 38.4. The topological polar surface area (TPSA) is 61.8 Å². The molecule has 0 aromatic heterocycles. The van der Waals surface area contributed by atoms with Crippen molar-refractivity contribution in [1.29, 1.82) is 0 Å². The highest BCUT2D eigenvalue weighted by atomic mass is 19.4. The Labute approximate surface area is 121 Å². The molecule has 3 N–H and O–H groups in total. The smallest absolute Gasteiger partial charge is 0.409 e. The molecule has 0 bridgehead atoms. The van der Waals surface area contributed by atoms with E-state index in [1.54, 1.807) is 0 Å². The van der Waals surface area contributed by atoms with Gasteiger partial charge in [-0.3, -0.25) is 0 Å². The van der Waals surface area contributed by atoms with Gasteiger partial charge in [-0.1, -0.05) is 19.0 Å². The molecular formula is C14H18F3N3O. The monoisotopic (exact) mass is 301 g/mol. The maximum atomic E-state index is 12.8. The highest BCUT2D eigenvalue weighted by molar-refractivity contribution is 6.02. The van der Waals surface area contributed by atoms with Crippen LogP contribution in [0.3, 0.4) is 0 Å². The standard InChI is InChI=1S/C14H18F3N3O/c1-8-6-20(7-9(8)2)12-4-3-10(14(15,16)17)5-11(12)13(18)19-21/h3-5,8-9,21H,6-7H2,1-2H3,(H2,18,19). The van der Waals surface area contributed by atoms with Gasteiger partial charge < -0.3 is 15.8 Å². The first-order valence-corrected chi connectivity index (χ1v) is 6.68. The van der Waals surface area contributed by atoms with Crippen LogP contribution >= 0.6 is 0 Å². The molecule has 0 aliphatic carbocycles. The molecule has 2 atom stereocenters. The molecule has 1 saturated heterocycles. The van der Waals surface area contributed by atoms with Crippen LogP contribution < -0.4 is 10.6 Å². The average molecular weight is 301 g/mol. The zero-order valence-electron chi connectivity index (χ0n) is 11.9. The molecule has 2 unspecified atom stereocenters. The number of rotatable bonds is 2. The summed E-state index contributed by atoms with van der Waals surface area (Å²) in [6.45, 7) is 5.66. The molecule has 0 radical (unpaired) electrons. The molecule has 21 heavy (non-hydrogen) atoms. The van der Waals surface area contributed by atoms with Gasteiger partial charge in [0.2, 0.25) is 0 Å². The van der Waals surface area contributed by atoms with Gasteiger partial charge >= 0.3 is 6.18 Å². The minimum absolute atomic E-state index is 0.105. The van der Waals surface area contributed by atoms with Gasteiger partial charge in [-0.25, -0.2) is 0 Å². The lowest BCUT2D eigenvalue weighted by Gasteiger charge is -2.22. The molecule has 0 saturated carbocycles. The minimum atomic E-state index is -4.46. The molecule has 4 nitrogen and oxygen atoms in total. The Kier molecular flexibility index (Phi) is 4.02. The first-order chi connectivity index (χ1) is 9.74. The SMILES string of the molecule is CC1CN(c2ccc(C(F)(F)F)cc2C(N)=NO)CC1C. The van der Waals surface area contributed by atoms with Crippen molar-refractivity contribution in [3.05, 3.63) is 29.3 Å². The molecule has 1 aliphatic rings. The van der Waals surface area contributed by atoms with Crippen LogP contribution in [-0.4, -0.2) is 24.1 Å². The van der Waals surface area contributed by atoms with Gasteiger partial charge in [-0.15, -0.1) is 0 Å². The molecule has 2 rings (SSSR count). The molecule has 0 spiro atoms. The summed E-state index contributed by atoms with van der Waals surface area (Å²) in [5.74, 6) is 0.558. The van der Waals surface area contributed by atoms with Gasteiger partial charge in [-0.05, 0) is 30.0 Å². The summed E-state index contributed by atoms with van der Waals surface area (Å²) in [4.78, 5) is 1.98. The van der Waals surface area contributed by atoms with Gasteiger partial charge in [0.25, 0.3) is 0 Å². The largest absolute Gasteiger partial charge is 0.416 e. The minimum Gasteiger partial charge on any atom is -0.409 e. The van der Waals surface area contributed by atoms with Crippen LogP contribution in [0.5, 0.6) is 0 Å². The summed E-state index contributed by atoms with van der Waals surface area (Å²) in [7, 11) is 0. The number of hydrogen-bond donors (Lipinski definition) is 2. The van der Waals surface area contributed by atoms with Crippen LogP contribution in [0.15, 0.2) is 23.4 Å². The van der Waals surface area contributed by atoms with Crippen molar-refractivity contribution < 1.29 is 18.4 Å². The van der Waals surface area contributed by atoms with E-state index in [0.29, 0.717) is 17.5 Å². The summed E-state index contributed by atoms with van der Waals surface area (Å²) >= 11 is 0. The maximum absolute atomic E-state index is 12.8. The molecule has 1 fully saturated rings. The van der Waals surface area contributed by atoms with E-state index < -0.39 is 11.7 Å². The number of amidine groups is 1. The zero-order valence-corrected chi connectivity index (χ0v) is 11.9. The maximum Gasteiger partial charge on any atom is 0.416 e. The van der Waals surface area contributed by atoms with E-state index in [9.17, 15) is 13.2 Å². The summed E-state index contributed by atoms with van der Waals surface area (Å²) in [6, 6.07) is 3.34. The van der Waals surface area contributed by atoms with Crippen molar-refractivity contribution in [2.75, 3.05) is 18.0 Å². The van der Waals surface area contributed by atoms with E-state index in [-0.39, 0.29) is 11.4 Å². The van der Waals surface area contributed by atoms with E-state index in [1.165, 1.54) is 6.07 Å². The predicted octanol–water partition coefficient (Wildman–Crippen LogP) is 2.89. The van der Waals surface area contributed by atoms with Crippen LogP contribution in [0.1, 0.15) is 25.0 Å². The van der Waals surface area contributed by atoms with E-state index >= 15 is 0 Å². The molecule has 1 heterocycles. The fraction of sp³-hybridized carbons (Fsp3) is 0.500. The second-order valence-corrected chi connectivity index (χ2v) is 5.57. The third-order valence-electron chi connectivity index (χ3n) is 4.04. The van der Waals surface area contributed by atoms with Gasteiger partial charge in [0.1, 0.15) is 0 Å². The summed E-state index contributed by atoms with van der Waals surface area (Å²) in [5, 5.41) is 11.7. The van der Waals surface area contributed by atoms with Crippen molar-refractivity contribution in [2.24, 2.45) is 22.7 Å². The van der Waals surface area contributed by atoms with Crippen molar-refractivity contribution in [1.82, 2.24) is 0 Å². The molecule has 1 aromatic carbocycles. The van der Waals surface area contributed by atoms with E-state index in [2.05, 4.69) is 19.0 Å². The van der Waals surface area contributed by atoms with Crippen LogP contribution in [0.25, 0.3) is 0 Å². The van der Waals surface area contributed by atoms with Gasteiger partial charge in [0.05, 0.1) is 5.56 Å². The Hall–Kier alpha value is -1.92. The van der Waals surface area contributed by atoms with Crippen molar-refractivity contribution in [3.63, 3.8) is 0 Å². The lowest BCUT2D eigenvalue weighted by molar-refractivity contribution is -0.137. The number of alkyl halides is 3. The van der Waals surface area contributed by atoms with Crippen molar-refractivity contribution in [3.8, 4) is 0 Å².